The largest absolute Gasteiger partial charge is 0.350 e. The summed E-state index contributed by atoms with van der Waals surface area (Å²) in [6, 6.07) is 3.65. The summed E-state index contributed by atoms with van der Waals surface area (Å²) in [7, 11) is 0. The highest BCUT2D eigenvalue weighted by Gasteiger charge is 2.19. The van der Waals surface area contributed by atoms with Gasteiger partial charge in [0.25, 0.3) is 5.91 Å². The second kappa shape index (κ2) is 7.14. The number of rotatable bonds is 4. The summed E-state index contributed by atoms with van der Waals surface area (Å²) in [5.41, 5.74) is 0.00412. The minimum absolute atomic E-state index is 0.171. The molecule has 23 heavy (non-hydrogen) atoms. The monoisotopic (exact) mass is 337 g/mol. The molecular formula is C16H17F2N3OS. The van der Waals surface area contributed by atoms with Crippen LogP contribution in [0.5, 0.6) is 0 Å². The Morgan fingerprint density at radius 3 is 2.87 bits per heavy atom. The lowest BCUT2D eigenvalue weighted by molar-refractivity contribution is 0.0940. The van der Waals surface area contributed by atoms with Gasteiger partial charge in [0.1, 0.15) is 22.3 Å². The van der Waals surface area contributed by atoms with Gasteiger partial charge in [-0.25, -0.2) is 13.8 Å². The van der Waals surface area contributed by atoms with Crippen molar-refractivity contribution in [2.45, 2.75) is 12.8 Å². The zero-order valence-corrected chi connectivity index (χ0v) is 13.3. The number of nitrogens with one attached hydrogen (secondary N) is 2. The number of carbonyl (C=O) groups excluding carboxylic acids is 1. The Hall–Kier alpha value is -1.86. The summed E-state index contributed by atoms with van der Waals surface area (Å²) < 4.78 is 27.5. The maximum atomic E-state index is 13.8. The van der Waals surface area contributed by atoms with Gasteiger partial charge in [0, 0.05) is 11.9 Å². The fourth-order valence-electron chi connectivity index (χ4n) is 2.62. The van der Waals surface area contributed by atoms with Crippen molar-refractivity contribution in [3.05, 3.63) is 40.9 Å². The van der Waals surface area contributed by atoms with Crippen LogP contribution < -0.4 is 10.6 Å². The minimum Gasteiger partial charge on any atom is -0.350 e. The van der Waals surface area contributed by atoms with Crippen LogP contribution in [0.15, 0.2) is 23.6 Å². The topological polar surface area (TPSA) is 54.0 Å². The molecule has 1 amide bonds. The molecule has 7 heteroatoms. The van der Waals surface area contributed by atoms with E-state index in [1.807, 2.05) is 0 Å². The summed E-state index contributed by atoms with van der Waals surface area (Å²) in [5.74, 6) is -1.26. The van der Waals surface area contributed by atoms with Crippen molar-refractivity contribution in [2.75, 3.05) is 19.6 Å². The minimum atomic E-state index is -0.681. The van der Waals surface area contributed by atoms with E-state index < -0.39 is 11.6 Å². The van der Waals surface area contributed by atoms with Gasteiger partial charge in [0.05, 0.1) is 5.56 Å². The van der Waals surface area contributed by atoms with E-state index in [-0.39, 0.29) is 22.2 Å². The van der Waals surface area contributed by atoms with Crippen LogP contribution in [0.3, 0.4) is 0 Å². The smallest absolute Gasteiger partial charge is 0.270 e. The zero-order valence-electron chi connectivity index (χ0n) is 12.4. The molecule has 0 aliphatic carbocycles. The van der Waals surface area contributed by atoms with E-state index in [1.165, 1.54) is 23.6 Å². The molecule has 1 fully saturated rings. The van der Waals surface area contributed by atoms with Crippen LogP contribution in [0, 0.1) is 17.6 Å². The first-order chi connectivity index (χ1) is 11.1. The molecule has 2 aromatic rings. The summed E-state index contributed by atoms with van der Waals surface area (Å²) in [6.45, 7) is 2.49. The molecule has 0 bridgehead atoms. The fraction of sp³-hybridized carbons (Fsp3) is 0.375. The van der Waals surface area contributed by atoms with Gasteiger partial charge >= 0.3 is 0 Å². The van der Waals surface area contributed by atoms with Crippen LogP contribution in [0.2, 0.25) is 0 Å². The van der Waals surface area contributed by atoms with E-state index in [9.17, 15) is 13.6 Å². The average Bonchev–Trinajstić information content (AvgIpc) is 3.03. The Bertz CT molecular complexity index is 678. The standard InChI is InChI=1S/C16H17F2N3OS/c17-11-4-1-5-12(18)14(11)16-21-13(9-23-16)15(22)20-8-10-3-2-6-19-7-10/h1,4-5,9-10,19H,2-3,6-8H2,(H,20,22)/t10-/m0/s1. The first-order valence-corrected chi connectivity index (χ1v) is 8.42. The predicted octanol–water partition coefficient (Wildman–Crippen LogP) is 2.82. The maximum Gasteiger partial charge on any atom is 0.270 e. The van der Waals surface area contributed by atoms with E-state index in [1.54, 1.807) is 0 Å². The maximum absolute atomic E-state index is 13.8. The third-order valence-corrected chi connectivity index (χ3v) is 4.72. The third kappa shape index (κ3) is 3.73. The second-order valence-electron chi connectivity index (χ2n) is 5.56. The molecule has 4 nitrogen and oxygen atoms in total. The lowest BCUT2D eigenvalue weighted by Crippen LogP contribution is -2.38. The number of nitrogens with zero attached hydrogens (tertiary/aromatic N) is 1. The lowest BCUT2D eigenvalue weighted by Gasteiger charge is -2.22. The summed E-state index contributed by atoms with van der Waals surface area (Å²) in [6.07, 6.45) is 2.18. The van der Waals surface area contributed by atoms with E-state index in [0.29, 0.717) is 12.5 Å². The quantitative estimate of drug-likeness (QED) is 0.902. The first kappa shape index (κ1) is 16.0. The van der Waals surface area contributed by atoms with Crippen molar-refractivity contribution in [3.8, 4) is 10.6 Å². The molecule has 2 heterocycles. The van der Waals surface area contributed by atoms with Gasteiger partial charge < -0.3 is 10.6 Å². The number of amides is 1. The van der Waals surface area contributed by atoms with E-state index in [0.717, 1.165) is 37.3 Å². The first-order valence-electron chi connectivity index (χ1n) is 7.54. The number of piperidine rings is 1. The molecule has 1 aliphatic rings. The van der Waals surface area contributed by atoms with Crippen molar-refractivity contribution < 1.29 is 13.6 Å². The molecule has 2 N–H and O–H groups in total. The number of carbonyl (C=O) groups is 1. The highest BCUT2D eigenvalue weighted by atomic mass is 32.1. The van der Waals surface area contributed by atoms with Gasteiger partial charge in [-0.05, 0) is 44.0 Å². The molecule has 1 aromatic carbocycles. The summed E-state index contributed by atoms with van der Waals surface area (Å²) in [4.78, 5) is 16.2. The number of benzene rings is 1. The number of hydrogen-bond donors (Lipinski definition) is 2. The van der Waals surface area contributed by atoms with E-state index in [4.69, 9.17) is 0 Å². The molecule has 122 valence electrons. The molecule has 0 unspecified atom stereocenters. The van der Waals surface area contributed by atoms with Gasteiger partial charge in [0.15, 0.2) is 0 Å². The predicted molar refractivity (Wildman–Crippen MR) is 85.4 cm³/mol. The molecule has 0 saturated carbocycles. The lowest BCUT2D eigenvalue weighted by atomic mass is 10.00. The molecule has 3 rings (SSSR count). The molecule has 0 spiro atoms. The Kier molecular flexibility index (Phi) is 4.97. The van der Waals surface area contributed by atoms with Crippen molar-refractivity contribution in [1.29, 1.82) is 0 Å². The van der Waals surface area contributed by atoms with Crippen molar-refractivity contribution in [3.63, 3.8) is 0 Å². The zero-order chi connectivity index (χ0) is 16.2. The Morgan fingerprint density at radius 1 is 1.39 bits per heavy atom. The van der Waals surface area contributed by atoms with Crippen molar-refractivity contribution in [1.82, 2.24) is 15.6 Å². The van der Waals surface area contributed by atoms with Gasteiger partial charge in [0.2, 0.25) is 0 Å². The molecule has 1 aromatic heterocycles. The number of hydrogen-bond acceptors (Lipinski definition) is 4. The Morgan fingerprint density at radius 2 is 2.17 bits per heavy atom. The molecular weight excluding hydrogens is 320 g/mol. The normalized spacial score (nSPS) is 17.9. The number of thiazole rings is 1. The molecule has 0 radical (unpaired) electrons. The summed E-state index contributed by atoms with van der Waals surface area (Å²) in [5, 5.41) is 7.82. The SMILES string of the molecule is O=C(NC[C@H]1CCCNC1)c1csc(-c2c(F)cccc2F)n1. The van der Waals surface area contributed by atoms with Gasteiger partial charge in [-0.3, -0.25) is 4.79 Å². The number of halogens is 2. The average molecular weight is 337 g/mol. The highest BCUT2D eigenvalue weighted by molar-refractivity contribution is 7.13. The highest BCUT2D eigenvalue weighted by Crippen LogP contribution is 2.28. The molecule has 1 aliphatic heterocycles. The molecule has 1 atom stereocenters. The van der Waals surface area contributed by atoms with Crippen LogP contribution in [-0.4, -0.2) is 30.5 Å². The third-order valence-electron chi connectivity index (χ3n) is 3.86. The van der Waals surface area contributed by atoms with Crippen LogP contribution in [-0.2, 0) is 0 Å². The van der Waals surface area contributed by atoms with Crippen LogP contribution >= 0.6 is 11.3 Å². The van der Waals surface area contributed by atoms with Crippen molar-refractivity contribution in [2.24, 2.45) is 5.92 Å². The van der Waals surface area contributed by atoms with Crippen LogP contribution in [0.4, 0.5) is 8.78 Å². The number of aromatic nitrogens is 1. The Balaban J connectivity index is 1.67. The van der Waals surface area contributed by atoms with Gasteiger partial charge in [-0.2, -0.15) is 0 Å². The van der Waals surface area contributed by atoms with Crippen LogP contribution in [0.25, 0.3) is 10.6 Å². The summed E-state index contributed by atoms with van der Waals surface area (Å²) >= 11 is 1.06. The Labute approximate surface area is 136 Å². The van der Waals surface area contributed by atoms with E-state index in [2.05, 4.69) is 15.6 Å². The van der Waals surface area contributed by atoms with E-state index >= 15 is 0 Å². The van der Waals surface area contributed by atoms with Gasteiger partial charge in [-0.1, -0.05) is 6.07 Å². The fourth-order valence-corrected chi connectivity index (χ4v) is 3.47. The van der Waals surface area contributed by atoms with Gasteiger partial charge in [-0.15, -0.1) is 11.3 Å². The van der Waals surface area contributed by atoms with Crippen LogP contribution in [0.1, 0.15) is 23.3 Å². The van der Waals surface area contributed by atoms with Crippen molar-refractivity contribution >= 4 is 17.2 Å². The second-order valence-corrected chi connectivity index (χ2v) is 6.42. The molecule has 1 saturated heterocycles.